The fourth-order valence-corrected chi connectivity index (χ4v) is 2.72. The molecular weight excluding hydrogens is 331 g/mol. The summed E-state index contributed by atoms with van der Waals surface area (Å²) in [5.41, 5.74) is 0. The fourth-order valence-electron chi connectivity index (χ4n) is 1.31. The molecule has 19 heavy (non-hydrogen) atoms. The van der Waals surface area contributed by atoms with Gasteiger partial charge in [-0.25, -0.2) is 8.42 Å². The van der Waals surface area contributed by atoms with Crippen LogP contribution in [0.15, 0.2) is 63.2 Å². The van der Waals surface area contributed by atoms with Crippen LogP contribution >= 0.6 is 23.4 Å². The largest absolute Gasteiger partial charge is 1.00 e. The van der Waals surface area contributed by atoms with Gasteiger partial charge in [-0.1, -0.05) is 23.4 Å². The van der Waals surface area contributed by atoms with E-state index in [1.54, 1.807) is 24.3 Å². The monoisotopic (exact) mass is 338 g/mol. The maximum Gasteiger partial charge on any atom is 1.00 e. The van der Waals surface area contributed by atoms with Crippen molar-refractivity contribution < 1.29 is 64.4 Å². The van der Waals surface area contributed by atoms with Gasteiger partial charge in [-0.15, -0.1) is 0 Å². The van der Waals surface area contributed by atoms with Crippen molar-refractivity contribution in [3.63, 3.8) is 0 Å². The topological polar surface area (TPSA) is 57.2 Å². The quantitative estimate of drug-likeness (QED) is 0.600. The number of halogens is 1. The molecule has 0 aliphatic heterocycles. The predicted octanol–water partition coefficient (Wildman–Crippen LogP) is 0.399. The summed E-state index contributed by atoms with van der Waals surface area (Å²) in [6.45, 7) is 0. The van der Waals surface area contributed by atoms with Crippen molar-refractivity contribution in [1.29, 1.82) is 0 Å². The minimum Gasteiger partial charge on any atom is -0.744 e. The fraction of sp³-hybridized carbons (Fsp3) is 0. The number of hydrogen-bond acceptors (Lipinski definition) is 4. The number of hydrogen-bond donors (Lipinski definition) is 0. The average molecular weight is 339 g/mol. The Labute approximate surface area is 163 Å². The van der Waals surface area contributed by atoms with Crippen LogP contribution in [0.2, 0.25) is 5.02 Å². The second-order valence-corrected chi connectivity index (χ2v) is 6.44. The van der Waals surface area contributed by atoms with Crippen LogP contribution in [0.3, 0.4) is 0 Å². The maximum absolute atomic E-state index is 10.8. The molecule has 2 aromatic carbocycles. The van der Waals surface area contributed by atoms with Crippen molar-refractivity contribution in [3.8, 4) is 0 Å². The molecule has 0 aromatic heterocycles. The molecule has 2 aromatic rings. The van der Waals surface area contributed by atoms with Gasteiger partial charge in [-0.3, -0.25) is 0 Å². The van der Waals surface area contributed by atoms with Crippen molar-refractivity contribution in [2.24, 2.45) is 0 Å². The van der Waals surface area contributed by atoms with E-state index >= 15 is 0 Å². The van der Waals surface area contributed by atoms with Gasteiger partial charge >= 0.3 is 51.4 Å². The Hall–Kier alpha value is 0.626. The van der Waals surface area contributed by atoms with Crippen LogP contribution in [0.4, 0.5) is 0 Å². The summed E-state index contributed by atoms with van der Waals surface area (Å²) < 4.78 is 32.3. The van der Waals surface area contributed by atoms with E-state index in [0.717, 1.165) is 9.79 Å². The van der Waals surface area contributed by atoms with Crippen molar-refractivity contribution in [2.75, 3.05) is 0 Å². The minimum absolute atomic E-state index is 0. The van der Waals surface area contributed by atoms with E-state index in [1.807, 2.05) is 12.1 Å². The van der Waals surface area contributed by atoms with Gasteiger partial charge < -0.3 is 4.55 Å². The van der Waals surface area contributed by atoms with Crippen LogP contribution < -0.4 is 51.4 Å². The van der Waals surface area contributed by atoms with Crippen LogP contribution in [-0.2, 0) is 10.1 Å². The van der Waals surface area contributed by atoms with Gasteiger partial charge in [0, 0.05) is 14.8 Å². The van der Waals surface area contributed by atoms with Gasteiger partial charge in [0.2, 0.25) is 0 Å². The molecule has 0 N–H and O–H groups in total. The smallest absolute Gasteiger partial charge is 0.744 e. The third kappa shape index (κ3) is 5.49. The molecule has 3 nitrogen and oxygen atoms in total. The van der Waals surface area contributed by atoms with E-state index in [2.05, 4.69) is 0 Å². The molecular formula is C12H8ClKO3S2. The van der Waals surface area contributed by atoms with Crippen molar-refractivity contribution in [3.05, 3.63) is 53.6 Å². The molecule has 0 atom stereocenters. The molecule has 0 heterocycles. The van der Waals surface area contributed by atoms with E-state index in [-0.39, 0.29) is 56.3 Å². The first-order chi connectivity index (χ1) is 8.45. The van der Waals surface area contributed by atoms with E-state index < -0.39 is 10.1 Å². The summed E-state index contributed by atoms with van der Waals surface area (Å²) in [7, 11) is -4.37. The Balaban J connectivity index is 0.00000180. The molecule has 94 valence electrons. The molecule has 0 amide bonds. The summed E-state index contributed by atoms with van der Waals surface area (Å²) >= 11 is 7.24. The summed E-state index contributed by atoms with van der Waals surface area (Å²) in [5, 5.41) is 0.659. The Morgan fingerprint density at radius 2 is 1.32 bits per heavy atom. The first-order valence-corrected chi connectivity index (χ1v) is 7.55. The van der Waals surface area contributed by atoms with Gasteiger partial charge in [0.25, 0.3) is 0 Å². The predicted molar refractivity (Wildman–Crippen MR) is 70.0 cm³/mol. The number of benzene rings is 2. The van der Waals surface area contributed by atoms with Crippen molar-refractivity contribution in [1.82, 2.24) is 0 Å². The van der Waals surface area contributed by atoms with E-state index in [9.17, 15) is 13.0 Å². The minimum atomic E-state index is -4.37. The Morgan fingerprint density at radius 3 is 1.74 bits per heavy atom. The molecule has 0 radical (unpaired) electrons. The van der Waals surface area contributed by atoms with Gasteiger partial charge in [-0.2, -0.15) is 0 Å². The van der Waals surface area contributed by atoms with E-state index in [4.69, 9.17) is 11.6 Å². The molecule has 0 spiro atoms. The van der Waals surface area contributed by atoms with Crippen LogP contribution in [-0.4, -0.2) is 13.0 Å². The second-order valence-electron chi connectivity index (χ2n) is 3.48. The summed E-state index contributed by atoms with van der Waals surface area (Å²) in [6.07, 6.45) is 0. The molecule has 7 heteroatoms. The van der Waals surface area contributed by atoms with Crippen molar-refractivity contribution in [2.45, 2.75) is 14.7 Å². The van der Waals surface area contributed by atoms with Crippen LogP contribution in [0.25, 0.3) is 0 Å². The average Bonchev–Trinajstić information content (AvgIpc) is 2.32. The van der Waals surface area contributed by atoms with Gasteiger partial charge in [0.1, 0.15) is 10.1 Å². The number of rotatable bonds is 3. The van der Waals surface area contributed by atoms with Gasteiger partial charge in [-0.05, 0) is 48.5 Å². The zero-order chi connectivity index (χ0) is 13.2. The molecule has 0 fully saturated rings. The summed E-state index contributed by atoms with van der Waals surface area (Å²) in [4.78, 5) is 1.62. The van der Waals surface area contributed by atoms with Crippen LogP contribution in [0.1, 0.15) is 0 Å². The zero-order valence-corrected chi connectivity index (χ0v) is 15.6. The second kappa shape index (κ2) is 7.58. The molecule has 0 unspecified atom stereocenters. The Morgan fingerprint density at radius 1 is 0.895 bits per heavy atom. The SMILES string of the molecule is O=S(=O)([O-])c1ccc(Sc2ccc(Cl)cc2)cc1.[K+]. The summed E-state index contributed by atoms with van der Waals surface area (Å²) in [6, 6.07) is 13.1. The van der Waals surface area contributed by atoms with Crippen LogP contribution in [0.5, 0.6) is 0 Å². The van der Waals surface area contributed by atoms with Crippen molar-refractivity contribution >= 4 is 33.5 Å². The zero-order valence-electron chi connectivity index (χ0n) is 10.0. The molecule has 0 aliphatic rings. The standard InChI is InChI=1S/C12H9ClO3S2.K/c13-9-1-3-10(4-2-9)17-11-5-7-12(8-6-11)18(14,15)16;/h1-8H,(H,14,15,16);/q;+1/p-1. The molecule has 0 saturated carbocycles. The molecule has 2 rings (SSSR count). The first-order valence-electron chi connectivity index (χ1n) is 4.94. The molecule has 0 bridgehead atoms. The third-order valence-electron chi connectivity index (χ3n) is 2.16. The van der Waals surface area contributed by atoms with Gasteiger partial charge in [0.15, 0.2) is 0 Å². The first kappa shape index (κ1) is 17.7. The van der Waals surface area contributed by atoms with Crippen LogP contribution in [0, 0.1) is 0 Å². The van der Waals surface area contributed by atoms with Gasteiger partial charge in [0.05, 0.1) is 4.90 Å². The normalized spacial score (nSPS) is 10.8. The maximum atomic E-state index is 10.8. The third-order valence-corrected chi connectivity index (χ3v) is 4.28. The Bertz CT molecular complexity index is 640. The molecule has 0 aliphatic carbocycles. The van der Waals surface area contributed by atoms with E-state index in [1.165, 1.54) is 23.9 Å². The Kier molecular flexibility index (Phi) is 7.05. The summed E-state index contributed by atoms with van der Waals surface area (Å²) in [5.74, 6) is 0. The van der Waals surface area contributed by atoms with E-state index in [0.29, 0.717) is 5.02 Å². The molecule has 0 saturated heterocycles.